The molecule has 2 heterocycles. The van der Waals surface area contributed by atoms with Gasteiger partial charge in [-0.2, -0.15) is 0 Å². The first-order valence-electron chi connectivity index (χ1n) is 7.06. The molecule has 0 radical (unpaired) electrons. The summed E-state index contributed by atoms with van der Waals surface area (Å²) in [6, 6.07) is 9.44. The topological polar surface area (TPSA) is 59.2 Å². The van der Waals surface area contributed by atoms with E-state index in [1.165, 1.54) is 0 Å². The van der Waals surface area contributed by atoms with Gasteiger partial charge in [-0.1, -0.05) is 12.1 Å². The highest BCUT2D eigenvalue weighted by Crippen LogP contribution is 2.24. The summed E-state index contributed by atoms with van der Waals surface area (Å²) in [7, 11) is 0. The van der Waals surface area contributed by atoms with Gasteiger partial charge in [0.2, 0.25) is 5.91 Å². The molecule has 1 amide bonds. The number of primary amides is 1. The van der Waals surface area contributed by atoms with E-state index in [1.807, 2.05) is 42.2 Å². The molecule has 2 aromatic rings. The Morgan fingerprint density at radius 3 is 3.00 bits per heavy atom. The number of nitrogens with two attached hydrogens (primary N) is 1. The zero-order valence-electron chi connectivity index (χ0n) is 11.9. The maximum Gasteiger partial charge on any atom is 0.234 e. The molecule has 110 valence electrons. The number of aryl methyl sites for hydroxylation is 1. The Bertz CT molecular complexity index is 688. The number of halogens is 1. The Balaban J connectivity index is 1.84. The van der Waals surface area contributed by atoms with E-state index in [4.69, 9.17) is 5.73 Å². The van der Waals surface area contributed by atoms with Gasteiger partial charge in [0.25, 0.3) is 0 Å². The lowest BCUT2D eigenvalue weighted by molar-refractivity contribution is -0.122. The molecule has 0 saturated carbocycles. The lowest BCUT2D eigenvalue weighted by Crippen LogP contribution is -2.39. The quantitative estimate of drug-likeness (QED) is 0.938. The number of amides is 1. The molecule has 1 aliphatic rings. The minimum Gasteiger partial charge on any atom is -0.368 e. The molecule has 2 atom stereocenters. The van der Waals surface area contributed by atoms with Gasteiger partial charge in [0.1, 0.15) is 6.17 Å². The second-order valence-corrected chi connectivity index (χ2v) is 5.66. The molecule has 2 N–H and O–H groups in total. The summed E-state index contributed by atoms with van der Waals surface area (Å²) < 4.78 is 13.5. The molecule has 1 fully saturated rings. The van der Waals surface area contributed by atoms with Gasteiger partial charge in [-0.25, -0.2) is 4.39 Å². The number of likely N-dealkylation sites (tertiary alicyclic amines) is 1. The normalized spacial score (nSPS) is 22.8. The van der Waals surface area contributed by atoms with Crippen LogP contribution >= 0.6 is 0 Å². The SMILES string of the molecule is Cc1ccc2cc(CN3C[C@H](F)C[C@H]3C(N)=O)ccc2n1. The molecule has 4 nitrogen and oxygen atoms in total. The van der Waals surface area contributed by atoms with Crippen molar-refractivity contribution in [2.24, 2.45) is 5.73 Å². The molecule has 0 bridgehead atoms. The minimum absolute atomic E-state index is 0.198. The van der Waals surface area contributed by atoms with E-state index in [9.17, 15) is 9.18 Å². The number of nitrogens with zero attached hydrogens (tertiary/aromatic N) is 2. The summed E-state index contributed by atoms with van der Waals surface area (Å²) in [4.78, 5) is 17.7. The number of carbonyl (C=O) groups is 1. The maximum absolute atomic E-state index is 13.5. The fraction of sp³-hybridized carbons (Fsp3) is 0.375. The number of pyridine rings is 1. The number of hydrogen-bond donors (Lipinski definition) is 1. The van der Waals surface area contributed by atoms with Gasteiger partial charge >= 0.3 is 0 Å². The first-order valence-corrected chi connectivity index (χ1v) is 7.06. The van der Waals surface area contributed by atoms with Crippen molar-refractivity contribution in [3.8, 4) is 0 Å². The number of fused-ring (bicyclic) bond motifs is 1. The van der Waals surface area contributed by atoms with Gasteiger partial charge in [0.05, 0.1) is 11.6 Å². The number of alkyl halides is 1. The second kappa shape index (κ2) is 5.41. The van der Waals surface area contributed by atoms with E-state index in [1.54, 1.807) is 0 Å². The van der Waals surface area contributed by atoms with E-state index in [-0.39, 0.29) is 13.0 Å². The second-order valence-electron chi connectivity index (χ2n) is 5.66. The largest absolute Gasteiger partial charge is 0.368 e. The number of hydrogen-bond acceptors (Lipinski definition) is 3. The van der Waals surface area contributed by atoms with E-state index in [2.05, 4.69) is 4.98 Å². The highest BCUT2D eigenvalue weighted by Gasteiger charge is 2.35. The van der Waals surface area contributed by atoms with Gasteiger partial charge in [0, 0.05) is 30.6 Å². The molecule has 1 aliphatic heterocycles. The summed E-state index contributed by atoms with van der Waals surface area (Å²) in [5.74, 6) is -0.451. The summed E-state index contributed by atoms with van der Waals surface area (Å²) >= 11 is 0. The van der Waals surface area contributed by atoms with Crippen LogP contribution in [0.4, 0.5) is 4.39 Å². The first-order chi connectivity index (χ1) is 10.0. The van der Waals surface area contributed by atoms with Crippen LogP contribution in [0, 0.1) is 6.92 Å². The van der Waals surface area contributed by atoms with Crippen LogP contribution in [0.1, 0.15) is 17.7 Å². The summed E-state index contributed by atoms with van der Waals surface area (Å²) in [6.07, 6.45) is -0.781. The van der Waals surface area contributed by atoms with Crippen LogP contribution in [0.15, 0.2) is 30.3 Å². The smallest absolute Gasteiger partial charge is 0.234 e. The number of aromatic nitrogens is 1. The average Bonchev–Trinajstić information content (AvgIpc) is 2.80. The Morgan fingerprint density at radius 2 is 2.24 bits per heavy atom. The van der Waals surface area contributed by atoms with Crippen molar-refractivity contribution in [2.75, 3.05) is 6.54 Å². The third kappa shape index (κ3) is 2.88. The van der Waals surface area contributed by atoms with Crippen LogP contribution in [0.3, 0.4) is 0 Å². The zero-order valence-corrected chi connectivity index (χ0v) is 11.9. The van der Waals surface area contributed by atoms with Crippen LogP contribution in [-0.2, 0) is 11.3 Å². The molecule has 1 aromatic carbocycles. The highest BCUT2D eigenvalue weighted by atomic mass is 19.1. The van der Waals surface area contributed by atoms with Gasteiger partial charge in [0.15, 0.2) is 0 Å². The van der Waals surface area contributed by atoms with E-state index >= 15 is 0 Å². The molecule has 0 aliphatic carbocycles. The van der Waals surface area contributed by atoms with Crippen LogP contribution in [0.5, 0.6) is 0 Å². The fourth-order valence-electron chi connectivity index (χ4n) is 2.93. The van der Waals surface area contributed by atoms with Crippen molar-refractivity contribution in [1.29, 1.82) is 0 Å². The van der Waals surface area contributed by atoms with Gasteiger partial charge in [-0.15, -0.1) is 0 Å². The fourth-order valence-corrected chi connectivity index (χ4v) is 2.93. The molecular formula is C16H18FN3O. The lowest BCUT2D eigenvalue weighted by Gasteiger charge is -2.21. The van der Waals surface area contributed by atoms with Gasteiger partial charge < -0.3 is 5.73 Å². The van der Waals surface area contributed by atoms with E-state index in [0.29, 0.717) is 6.54 Å². The molecular weight excluding hydrogens is 269 g/mol. The predicted molar refractivity (Wildman–Crippen MR) is 79.4 cm³/mol. The molecule has 1 saturated heterocycles. The van der Waals surface area contributed by atoms with Gasteiger partial charge in [-0.3, -0.25) is 14.7 Å². The Hall–Kier alpha value is -2.01. The first kappa shape index (κ1) is 13.9. The van der Waals surface area contributed by atoms with Crippen LogP contribution in [0.25, 0.3) is 10.9 Å². The predicted octanol–water partition coefficient (Wildman–Crippen LogP) is 1.94. The molecule has 3 rings (SSSR count). The Morgan fingerprint density at radius 1 is 1.43 bits per heavy atom. The lowest BCUT2D eigenvalue weighted by atomic mass is 10.1. The summed E-state index contributed by atoms with van der Waals surface area (Å²) in [5.41, 5.74) is 8.31. The monoisotopic (exact) mass is 287 g/mol. The zero-order chi connectivity index (χ0) is 15.0. The third-order valence-electron chi connectivity index (χ3n) is 3.96. The Labute approximate surface area is 122 Å². The maximum atomic E-state index is 13.5. The van der Waals surface area contributed by atoms with Crippen molar-refractivity contribution >= 4 is 16.8 Å². The number of carbonyl (C=O) groups excluding carboxylic acids is 1. The molecule has 21 heavy (non-hydrogen) atoms. The van der Waals surface area contributed by atoms with Gasteiger partial charge in [-0.05, 0) is 30.7 Å². The molecule has 0 unspecified atom stereocenters. The van der Waals surface area contributed by atoms with Crippen molar-refractivity contribution in [3.63, 3.8) is 0 Å². The molecule has 0 spiro atoms. The average molecular weight is 287 g/mol. The van der Waals surface area contributed by atoms with Crippen LogP contribution < -0.4 is 5.73 Å². The Kier molecular flexibility index (Phi) is 3.59. The number of benzene rings is 1. The summed E-state index contributed by atoms with van der Waals surface area (Å²) in [6.45, 7) is 2.74. The highest BCUT2D eigenvalue weighted by molar-refractivity contribution is 5.81. The molecule has 1 aromatic heterocycles. The van der Waals surface area contributed by atoms with Crippen LogP contribution in [-0.4, -0.2) is 34.5 Å². The number of rotatable bonds is 3. The van der Waals surface area contributed by atoms with E-state index in [0.717, 1.165) is 22.2 Å². The minimum atomic E-state index is -0.979. The van der Waals surface area contributed by atoms with E-state index < -0.39 is 18.1 Å². The van der Waals surface area contributed by atoms with Crippen molar-refractivity contribution in [2.45, 2.75) is 32.1 Å². The summed E-state index contributed by atoms with van der Waals surface area (Å²) in [5, 5.41) is 1.05. The van der Waals surface area contributed by atoms with Crippen molar-refractivity contribution in [3.05, 3.63) is 41.6 Å². The standard InChI is InChI=1S/C16H18FN3O/c1-10-2-4-12-6-11(3-5-14(12)19-10)8-20-9-13(17)7-15(20)16(18)21/h2-6,13,15H,7-9H2,1H3,(H2,18,21)/t13-,15+/m1/s1. The van der Waals surface area contributed by atoms with Crippen LogP contribution in [0.2, 0.25) is 0 Å². The van der Waals surface area contributed by atoms with Crippen molar-refractivity contribution in [1.82, 2.24) is 9.88 Å². The third-order valence-corrected chi connectivity index (χ3v) is 3.96. The molecule has 5 heteroatoms. The van der Waals surface area contributed by atoms with Crippen molar-refractivity contribution < 1.29 is 9.18 Å².